The summed E-state index contributed by atoms with van der Waals surface area (Å²) < 4.78 is 5.26. The maximum atomic E-state index is 12.9. The summed E-state index contributed by atoms with van der Waals surface area (Å²) in [6.45, 7) is 0.110. The Hall–Kier alpha value is -3.02. The lowest BCUT2D eigenvalue weighted by atomic mass is 10.1. The van der Waals surface area contributed by atoms with Gasteiger partial charge in [-0.05, 0) is 29.3 Å². The highest BCUT2D eigenvalue weighted by molar-refractivity contribution is 6.42. The summed E-state index contributed by atoms with van der Waals surface area (Å²) in [5.41, 5.74) is 2.23. The Morgan fingerprint density at radius 3 is 2.10 bits per heavy atom. The number of carbonyl (C=O) groups excluding carboxylic acids is 2. The van der Waals surface area contributed by atoms with Gasteiger partial charge in [-0.25, -0.2) is 4.79 Å². The summed E-state index contributed by atoms with van der Waals surface area (Å²) in [6, 6.07) is 22.6. The molecule has 0 bridgehead atoms. The molecule has 5 nitrogen and oxygen atoms in total. The summed E-state index contributed by atoms with van der Waals surface area (Å²) in [4.78, 5) is 25.2. The lowest BCUT2D eigenvalue weighted by Gasteiger charge is -2.19. The summed E-state index contributed by atoms with van der Waals surface area (Å²) in [6.07, 6.45) is -0.377. The third-order valence-corrected chi connectivity index (χ3v) is 5.03. The fourth-order valence-corrected chi connectivity index (χ4v) is 3.07. The molecule has 3 aromatic rings. The van der Waals surface area contributed by atoms with Crippen molar-refractivity contribution in [3.8, 4) is 0 Å². The van der Waals surface area contributed by atoms with E-state index in [1.165, 1.54) is 0 Å². The molecule has 0 aliphatic heterocycles. The van der Waals surface area contributed by atoms with E-state index >= 15 is 0 Å². The molecule has 3 aromatic carbocycles. The summed E-state index contributed by atoms with van der Waals surface area (Å²) in [5, 5.41) is 6.12. The number of alkyl carbamates (subject to hydrolysis) is 1. The van der Waals surface area contributed by atoms with Gasteiger partial charge in [-0.3, -0.25) is 4.79 Å². The first-order valence-electron chi connectivity index (χ1n) is 9.28. The maximum Gasteiger partial charge on any atom is 0.408 e. The number of benzene rings is 3. The number of carbonyl (C=O) groups is 2. The third kappa shape index (κ3) is 6.51. The molecule has 0 fully saturated rings. The van der Waals surface area contributed by atoms with Gasteiger partial charge in [0.2, 0.25) is 5.91 Å². The van der Waals surface area contributed by atoms with Crippen LogP contribution in [0.4, 0.5) is 10.5 Å². The van der Waals surface area contributed by atoms with Crippen molar-refractivity contribution in [3.63, 3.8) is 0 Å². The summed E-state index contributed by atoms with van der Waals surface area (Å²) in [7, 11) is 0. The van der Waals surface area contributed by atoms with E-state index in [9.17, 15) is 9.59 Å². The normalized spacial score (nSPS) is 11.4. The van der Waals surface area contributed by atoms with Crippen molar-refractivity contribution in [1.82, 2.24) is 5.32 Å². The Bertz CT molecular complexity index is 998. The van der Waals surface area contributed by atoms with Crippen molar-refractivity contribution in [2.24, 2.45) is 0 Å². The molecular formula is C23H20Cl2N2O3. The Kier molecular flexibility index (Phi) is 7.71. The van der Waals surface area contributed by atoms with Gasteiger partial charge in [-0.1, -0.05) is 83.9 Å². The minimum absolute atomic E-state index is 0.110. The van der Waals surface area contributed by atoms with E-state index in [-0.39, 0.29) is 6.61 Å². The van der Waals surface area contributed by atoms with Crippen LogP contribution in [-0.4, -0.2) is 18.0 Å². The second-order valence-corrected chi connectivity index (χ2v) is 7.38. The highest BCUT2D eigenvalue weighted by Crippen LogP contribution is 2.25. The minimum Gasteiger partial charge on any atom is -0.445 e. The predicted octanol–water partition coefficient (Wildman–Crippen LogP) is 5.47. The van der Waals surface area contributed by atoms with E-state index in [1.54, 1.807) is 18.2 Å². The van der Waals surface area contributed by atoms with Gasteiger partial charge in [0.25, 0.3) is 0 Å². The molecule has 2 amide bonds. The zero-order chi connectivity index (χ0) is 21.3. The lowest BCUT2D eigenvalue weighted by molar-refractivity contribution is -0.118. The minimum atomic E-state index is -0.842. The molecule has 0 aliphatic rings. The molecule has 3 rings (SSSR count). The van der Waals surface area contributed by atoms with Crippen LogP contribution in [0, 0.1) is 0 Å². The van der Waals surface area contributed by atoms with Gasteiger partial charge in [0.1, 0.15) is 12.6 Å². The number of hydrogen-bond acceptors (Lipinski definition) is 3. The number of nitrogens with one attached hydrogen (secondary N) is 2. The first-order chi connectivity index (χ1) is 14.5. The van der Waals surface area contributed by atoms with Crippen molar-refractivity contribution in [3.05, 3.63) is 100 Å². The molecule has 0 heterocycles. The summed E-state index contributed by atoms with van der Waals surface area (Å²) in [5.74, 6) is -0.395. The van der Waals surface area contributed by atoms with Crippen LogP contribution in [0.25, 0.3) is 0 Å². The zero-order valence-electron chi connectivity index (χ0n) is 16.0. The molecule has 7 heteroatoms. The zero-order valence-corrected chi connectivity index (χ0v) is 17.5. The van der Waals surface area contributed by atoms with Crippen molar-refractivity contribution < 1.29 is 14.3 Å². The third-order valence-electron chi connectivity index (χ3n) is 4.29. The first-order valence-corrected chi connectivity index (χ1v) is 10.0. The van der Waals surface area contributed by atoms with Crippen LogP contribution in [0.2, 0.25) is 10.0 Å². The maximum absolute atomic E-state index is 12.9. The van der Waals surface area contributed by atoms with Gasteiger partial charge in [-0.2, -0.15) is 0 Å². The summed E-state index contributed by atoms with van der Waals surface area (Å²) >= 11 is 11.9. The Morgan fingerprint density at radius 2 is 1.47 bits per heavy atom. The molecule has 2 N–H and O–H groups in total. The topological polar surface area (TPSA) is 67.4 Å². The van der Waals surface area contributed by atoms with Crippen molar-refractivity contribution in [1.29, 1.82) is 0 Å². The Balaban J connectivity index is 1.68. The van der Waals surface area contributed by atoms with Gasteiger partial charge in [-0.15, -0.1) is 0 Å². The number of amides is 2. The van der Waals surface area contributed by atoms with Crippen LogP contribution in [-0.2, 0) is 22.6 Å². The molecule has 0 saturated heterocycles. The van der Waals surface area contributed by atoms with Gasteiger partial charge >= 0.3 is 6.09 Å². The molecule has 1 unspecified atom stereocenters. The second-order valence-electron chi connectivity index (χ2n) is 6.57. The SMILES string of the molecule is O=C(NC(Cc1ccccc1)C(=O)Nc1ccc(Cl)c(Cl)c1)OCc1ccccc1. The fourth-order valence-electron chi connectivity index (χ4n) is 2.77. The molecule has 0 radical (unpaired) electrons. The van der Waals surface area contributed by atoms with E-state index in [0.29, 0.717) is 22.2 Å². The first kappa shape index (κ1) is 21.7. The van der Waals surface area contributed by atoms with E-state index < -0.39 is 18.0 Å². The average Bonchev–Trinajstić information content (AvgIpc) is 2.76. The standard InChI is InChI=1S/C23H20Cl2N2O3/c24-19-12-11-18(14-20(19)25)26-22(28)21(13-16-7-3-1-4-8-16)27-23(29)30-15-17-9-5-2-6-10-17/h1-12,14,21H,13,15H2,(H,26,28)(H,27,29). The molecule has 30 heavy (non-hydrogen) atoms. The molecule has 1 atom stereocenters. The number of anilines is 1. The van der Waals surface area contributed by atoms with Crippen LogP contribution in [0.5, 0.6) is 0 Å². The van der Waals surface area contributed by atoms with E-state index in [2.05, 4.69) is 10.6 Å². The van der Waals surface area contributed by atoms with Gasteiger partial charge < -0.3 is 15.4 Å². The van der Waals surface area contributed by atoms with Gasteiger partial charge in [0.15, 0.2) is 0 Å². The van der Waals surface area contributed by atoms with Crippen LogP contribution in [0.15, 0.2) is 78.9 Å². The predicted molar refractivity (Wildman–Crippen MR) is 119 cm³/mol. The van der Waals surface area contributed by atoms with E-state index in [1.807, 2.05) is 60.7 Å². The number of hydrogen-bond donors (Lipinski definition) is 2. The van der Waals surface area contributed by atoms with E-state index in [4.69, 9.17) is 27.9 Å². The van der Waals surface area contributed by atoms with Crippen molar-refractivity contribution >= 4 is 40.9 Å². The average molecular weight is 443 g/mol. The van der Waals surface area contributed by atoms with Crippen LogP contribution < -0.4 is 10.6 Å². The second kappa shape index (κ2) is 10.7. The van der Waals surface area contributed by atoms with Gasteiger partial charge in [0.05, 0.1) is 10.0 Å². The van der Waals surface area contributed by atoms with Crippen LogP contribution in [0.3, 0.4) is 0 Å². The Morgan fingerprint density at radius 1 is 0.833 bits per heavy atom. The number of halogens is 2. The van der Waals surface area contributed by atoms with E-state index in [0.717, 1.165) is 11.1 Å². The highest BCUT2D eigenvalue weighted by Gasteiger charge is 2.22. The van der Waals surface area contributed by atoms with Crippen molar-refractivity contribution in [2.75, 3.05) is 5.32 Å². The lowest BCUT2D eigenvalue weighted by Crippen LogP contribution is -2.45. The molecule has 154 valence electrons. The van der Waals surface area contributed by atoms with Gasteiger partial charge in [0, 0.05) is 12.1 Å². The smallest absolute Gasteiger partial charge is 0.408 e. The number of rotatable bonds is 7. The van der Waals surface area contributed by atoms with Crippen molar-refractivity contribution in [2.45, 2.75) is 19.1 Å². The fraction of sp³-hybridized carbons (Fsp3) is 0.130. The highest BCUT2D eigenvalue weighted by atomic mass is 35.5. The number of ether oxygens (including phenoxy) is 1. The molecule has 0 saturated carbocycles. The molecule has 0 spiro atoms. The molecule has 0 aromatic heterocycles. The molecule has 0 aliphatic carbocycles. The molecular weight excluding hydrogens is 423 g/mol. The van der Waals surface area contributed by atoms with Crippen LogP contribution >= 0.6 is 23.2 Å². The quantitative estimate of drug-likeness (QED) is 0.509. The largest absolute Gasteiger partial charge is 0.445 e. The monoisotopic (exact) mass is 442 g/mol. The Labute approximate surface area is 185 Å². The van der Waals surface area contributed by atoms with Crippen LogP contribution in [0.1, 0.15) is 11.1 Å².